The van der Waals surface area contributed by atoms with Crippen molar-refractivity contribution in [2.75, 3.05) is 45.8 Å². The number of nitrogens with zero attached hydrogens (tertiary/aromatic N) is 3. The topological polar surface area (TPSA) is 9.72 Å². The molecule has 0 aromatic rings. The molecule has 0 aromatic heterocycles. The van der Waals surface area contributed by atoms with Crippen LogP contribution in [0.15, 0.2) is 0 Å². The smallest absolute Gasteiger partial charge is 0.182 e. The molecule has 2 radical (unpaired) electrons. The van der Waals surface area contributed by atoms with Crippen LogP contribution in [0.4, 0.5) is 0 Å². The monoisotopic (exact) mass is 303 g/mol. The van der Waals surface area contributed by atoms with Gasteiger partial charge in [0.05, 0.1) is 0 Å². The normalized spacial score (nSPS) is 29.4. The second-order valence-corrected chi connectivity index (χ2v) is 8.41. The van der Waals surface area contributed by atoms with Crippen molar-refractivity contribution in [3.05, 3.63) is 0 Å². The third kappa shape index (κ3) is 4.07. The Labute approximate surface area is 138 Å². The summed E-state index contributed by atoms with van der Waals surface area (Å²) in [6.07, 6.45) is 8.33. The summed E-state index contributed by atoms with van der Waals surface area (Å²) in [7, 11) is 5.87. The molecule has 3 nitrogen and oxygen atoms in total. The first kappa shape index (κ1) is 16.8. The van der Waals surface area contributed by atoms with Crippen LogP contribution in [0, 0.1) is 11.3 Å². The molecule has 0 atom stereocenters. The number of piperidine rings is 3. The summed E-state index contributed by atoms with van der Waals surface area (Å²) < 4.78 is 0. The lowest BCUT2D eigenvalue weighted by Gasteiger charge is -2.48. The van der Waals surface area contributed by atoms with Crippen molar-refractivity contribution < 1.29 is 0 Å². The fourth-order valence-corrected chi connectivity index (χ4v) is 4.73. The molecule has 0 saturated carbocycles. The average Bonchev–Trinajstić information content (AvgIpc) is 2.52. The third-order valence-electron chi connectivity index (χ3n) is 6.67. The highest BCUT2D eigenvalue weighted by Crippen LogP contribution is 2.41. The van der Waals surface area contributed by atoms with Crippen molar-refractivity contribution in [3.8, 4) is 0 Å². The third-order valence-corrected chi connectivity index (χ3v) is 6.67. The first-order valence-electron chi connectivity index (χ1n) is 9.52. The Morgan fingerprint density at radius 1 is 0.909 bits per heavy atom. The maximum Gasteiger partial charge on any atom is 0.182 e. The Balaban J connectivity index is 1.41. The maximum atomic E-state index is 5.87. The van der Waals surface area contributed by atoms with E-state index in [1.165, 1.54) is 71.2 Å². The van der Waals surface area contributed by atoms with Gasteiger partial charge in [-0.15, -0.1) is 0 Å². The molecule has 3 saturated heterocycles. The highest BCUT2D eigenvalue weighted by Gasteiger charge is 2.38. The molecule has 3 aliphatic rings. The minimum atomic E-state index is 0.683. The number of hydrogen-bond acceptors (Lipinski definition) is 3. The number of rotatable bonds is 3. The van der Waals surface area contributed by atoms with Gasteiger partial charge in [-0.3, -0.25) is 0 Å². The molecule has 4 heteroatoms. The van der Waals surface area contributed by atoms with Crippen LogP contribution in [0.25, 0.3) is 0 Å². The van der Waals surface area contributed by atoms with Gasteiger partial charge >= 0.3 is 0 Å². The van der Waals surface area contributed by atoms with Gasteiger partial charge < -0.3 is 14.6 Å². The molecule has 22 heavy (non-hydrogen) atoms. The summed E-state index contributed by atoms with van der Waals surface area (Å²) in [6, 6.07) is 0.728. The molecule has 0 unspecified atom stereocenters. The van der Waals surface area contributed by atoms with Gasteiger partial charge in [0.25, 0.3) is 0 Å². The van der Waals surface area contributed by atoms with Crippen molar-refractivity contribution >= 4 is 7.98 Å². The summed E-state index contributed by atoms with van der Waals surface area (Å²) in [5.41, 5.74) is 0.683. The Morgan fingerprint density at radius 2 is 1.45 bits per heavy atom. The molecular formula is C18H34BN3. The van der Waals surface area contributed by atoms with Crippen LogP contribution in [0.1, 0.15) is 52.4 Å². The van der Waals surface area contributed by atoms with Crippen molar-refractivity contribution in [1.29, 1.82) is 0 Å². The Kier molecular flexibility index (Phi) is 5.52. The fraction of sp³-hybridized carbons (Fsp3) is 1.00. The standard InChI is InChI=1S/C18H34BN3/c1-16(2)21-13-7-18(8-14-21)5-11-20(12-6-18)15-17-3-9-22(19)10-4-17/h16-17H,3-15H2,1-2H3. The lowest BCUT2D eigenvalue weighted by molar-refractivity contribution is 0.0188. The van der Waals surface area contributed by atoms with Crippen molar-refractivity contribution in [2.45, 2.75) is 58.4 Å². The molecule has 3 aliphatic heterocycles. The Morgan fingerprint density at radius 3 is 2.00 bits per heavy atom. The summed E-state index contributed by atoms with van der Waals surface area (Å²) in [4.78, 5) is 7.40. The van der Waals surface area contributed by atoms with Crippen molar-refractivity contribution in [3.63, 3.8) is 0 Å². The number of likely N-dealkylation sites (tertiary alicyclic amines) is 2. The van der Waals surface area contributed by atoms with Crippen LogP contribution >= 0.6 is 0 Å². The Bertz CT molecular complexity index is 334. The van der Waals surface area contributed by atoms with Gasteiger partial charge in [0.2, 0.25) is 0 Å². The summed E-state index contributed by atoms with van der Waals surface area (Å²) >= 11 is 0. The molecule has 1 spiro atoms. The first-order valence-corrected chi connectivity index (χ1v) is 9.52. The highest BCUT2D eigenvalue weighted by atomic mass is 15.2. The van der Waals surface area contributed by atoms with Crippen LogP contribution in [-0.2, 0) is 0 Å². The van der Waals surface area contributed by atoms with Crippen LogP contribution in [0.2, 0.25) is 0 Å². The lowest BCUT2D eigenvalue weighted by atomic mass is 9.71. The largest absolute Gasteiger partial charge is 0.353 e. The molecule has 0 aromatic carbocycles. The fourth-order valence-electron chi connectivity index (χ4n) is 4.73. The van der Waals surface area contributed by atoms with E-state index in [4.69, 9.17) is 7.98 Å². The molecule has 0 amide bonds. The highest BCUT2D eigenvalue weighted by molar-refractivity contribution is 6.04. The quantitative estimate of drug-likeness (QED) is 0.741. The minimum absolute atomic E-state index is 0.683. The van der Waals surface area contributed by atoms with Crippen molar-refractivity contribution in [1.82, 2.24) is 14.6 Å². The van der Waals surface area contributed by atoms with Gasteiger partial charge in [-0.2, -0.15) is 0 Å². The Hall–Kier alpha value is -0.0551. The van der Waals surface area contributed by atoms with E-state index in [0.29, 0.717) is 5.41 Å². The van der Waals surface area contributed by atoms with Gasteiger partial charge in [0, 0.05) is 12.6 Å². The predicted molar refractivity (Wildman–Crippen MR) is 94.1 cm³/mol. The van der Waals surface area contributed by atoms with Gasteiger partial charge in [-0.25, -0.2) is 0 Å². The summed E-state index contributed by atoms with van der Waals surface area (Å²) in [5, 5.41) is 0. The zero-order valence-corrected chi connectivity index (χ0v) is 14.8. The molecule has 3 fully saturated rings. The second-order valence-electron chi connectivity index (χ2n) is 8.41. The lowest BCUT2D eigenvalue weighted by Crippen LogP contribution is -2.49. The average molecular weight is 303 g/mol. The van der Waals surface area contributed by atoms with Crippen LogP contribution in [-0.4, -0.2) is 74.4 Å². The van der Waals surface area contributed by atoms with E-state index in [1.807, 2.05) is 4.81 Å². The zero-order valence-electron chi connectivity index (χ0n) is 14.8. The van der Waals surface area contributed by atoms with Crippen molar-refractivity contribution in [2.24, 2.45) is 11.3 Å². The molecule has 3 heterocycles. The van der Waals surface area contributed by atoms with Crippen LogP contribution in [0.5, 0.6) is 0 Å². The van der Waals surface area contributed by atoms with E-state index in [1.54, 1.807) is 0 Å². The van der Waals surface area contributed by atoms with E-state index < -0.39 is 0 Å². The SMILES string of the molecule is [B]N1CCC(CN2CCC3(CC2)CCN(C(C)C)CC3)CC1. The molecule has 124 valence electrons. The minimum Gasteiger partial charge on any atom is -0.353 e. The van der Waals surface area contributed by atoms with E-state index >= 15 is 0 Å². The predicted octanol–water partition coefficient (Wildman–Crippen LogP) is 2.37. The zero-order chi connectivity index (χ0) is 15.6. The summed E-state index contributed by atoms with van der Waals surface area (Å²) in [6.45, 7) is 13.5. The van der Waals surface area contributed by atoms with Gasteiger partial charge in [-0.1, -0.05) is 0 Å². The van der Waals surface area contributed by atoms with E-state index in [-0.39, 0.29) is 0 Å². The molecular weight excluding hydrogens is 269 g/mol. The molecule has 0 N–H and O–H groups in total. The van der Waals surface area contributed by atoms with Gasteiger partial charge in [-0.05, 0) is 103 Å². The van der Waals surface area contributed by atoms with Gasteiger partial charge in [0.15, 0.2) is 7.98 Å². The first-order chi connectivity index (χ1) is 10.6. The summed E-state index contributed by atoms with van der Waals surface area (Å²) in [5.74, 6) is 0.886. The molecule has 3 rings (SSSR count). The van der Waals surface area contributed by atoms with E-state index in [9.17, 15) is 0 Å². The van der Waals surface area contributed by atoms with E-state index in [2.05, 4.69) is 23.6 Å². The van der Waals surface area contributed by atoms with E-state index in [0.717, 1.165) is 25.0 Å². The van der Waals surface area contributed by atoms with Crippen LogP contribution < -0.4 is 0 Å². The second kappa shape index (κ2) is 7.23. The van der Waals surface area contributed by atoms with Gasteiger partial charge in [0.1, 0.15) is 0 Å². The molecule has 0 bridgehead atoms. The number of hydrogen-bond donors (Lipinski definition) is 0. The maximum absolute atomic E-state index is 5.87. The molecule has 0 aliphatic carbocycles. The van der Waals surface area contributed by atoms with Crippen LogP contribution in [0.3, 0.4) is 0 Å².